The van der Waals surface area contributed by atoms with Crippen LogP contribution in [-0.4, -0.2) is 13.7 Å². The van der Waals surface area contributed by atoms with Crippen LogP contribution in [0.5, 0.6) is 5.75 Å². The number of methoxy groups -OCH3 is 1. The minimum atomic E-state index is -0.281. The van der Waals surface area contributed by atoms with Gasteiger partial charge in [0.25, 0.3) is 0 Å². The second-order valence-electron chi connectivity index (χ2n) is 6.41. The molecule has 0 fully saturated rings. The van der Waals surface area contributed by atoms with Crippen molar-refractivity contribution in [3.8, 4) is 5.75 Å². The fraction of sp³-hybridized carbons (Fsp3) is 0.182. The maximum absolute atomic E-state index is 14.5. The molecule has 1 aliphatic rings. The molecule has 1 heterocycles. The molecule has 0 spiro atoms. The van der Waals surface area contributed by atoms with E-state index in [0.717, 1.165) is 23.3 Å². The Balaban J connectivity index is 1.86. The average Bonchev–Trinajstić information content (AvgIpc) is 2.68. The maximum Gasteiger partial charge on any atom is 0.146 e. The number of hydrogen-bond acceptors (Lipinski definition) is 2. The Hall–Kier alpha value is -2.88. The summed E-state index contributed by atoms with van der Waals surface area (Å²) in [4.78, 5) is 2.05. The van der Waals surface area contributed by atoms with Gasteiger partial charge in [0.05, 0.1) is 18.8 Å². The molecule has 0 amide bonds. The van der Waals surface area contributed by atoms with E-state index in [-0.39, 0.29) is 17.7 Å². The summed E-state index contributed by atoms with van der Waals surface area (Å²) < 4.78 is 33.3. The van der Waals surface area contributed by atoms with Gasteiger partial charge in [-0.15, -0.1) is 0 Å². The van der Waals surface area contributed by atoms with Crippen molar-refractivity contribution >= 4 is 5.69 Å². The van der Waals surface area contributed by atoms with Crippen molar-refractivity contribution in [1.82, 2.24) is 0 Å². The molecule has 1 atom stereocenters. The van der Waals surface area contributed by atoms with Crippen LogP contribution in [0, 0.1) is 11.6 Å². The Kier molecular flexibility index (Phi) is 4.33. The third-order valence-electron chi connectivity index (χ3n) is 4.93. The minimum absolute atomic E-state index is 0.179. The summed E-state index contributed by atoms with van der Waals surface area (Å²) in [6.07, 6.45) is 0.790. The number of rotatable bonds is 3. The number of para-hydroxylation sites is 1. The molecule has 0 saturated heterocycles. The van der Waals surface area contributed by atoms with Gasteiger partial charge in [0.15, 0.2) is 0 Å². The molecule has 3 aromatic rings. The number of fused-ring (bicyclic) bond motifs is 1. The van der Waals surface area contributed by atoms with Crippen LogP contribution in [0.4, 0.5) is 14.5 Å². The highest BCUT2D eigenvalue weighted by molar-refractivity contribution is 5.57. The monoisotopic (exact) mass is 351 g/mol. The van der Waals surface area contributed by atoms with Gasteiger partial charge >= 0.3 is 0 Å². The number of hydrogen-bond donors (Lipinski definition) is 0. The summed E-state index contributed by atoms with van der Waals surface area (Å²) in [5.74, 6) is 0.273. The molecule has 1 aliphatic heterocycles. The van der Waals surface area contributed by atoms with E-state index in [1.165, 1.54) is 23.8 Å². The first-order valence-electron chi connectivity index (χ1n) is 8.61. The van der Waals surface area contributed by atoms with E-state index in [4.69, 9.17) is 4.74 Å². The summed E-state index contributed by atoms with van der Waals surface area (Å²) in [6, 6.07) is 19.0. The fourth-order valence-electron chi connectivity index (χ4n) is 3.68. The largest absolute Gasteiger partial charge is 0.497 e. The first kappa shape index (κ1) is 16.6. The van der Waals surface area contributed by atoms with Gasteiger partial charge in [-0.05, 0) is 59.5 Å². The molecule has 4 rings (SSSR count). The Labute approximate surface area is 151 Å². The van der Waals surface area contributed by atoms with E-state index in [2.05, 4.69) is 4.90 Å². The molecule has 0 N–H and O–H groups in total. The topological polar surface area (TPSA) is 12.5 Å². The molecule has 0 aromatic heterocycles. The van der Waals surface area contributed by atoms with Gasteiger partial charge in [-0.25, -0.2) is 8.78 Å². The minimum Gasteiger partial charge on any atom is -0.497 e. The summed E-state index contributed by atoms with van der Waals surface area (Å²) >= 11 is 0. The van der Waals surface area contributed by atoms with Crippen molar-refractivity contribution in [2.24, 2.45) is 0 Å². The van der Waals surface area contributed by atoms with Gasteiger partial charge in [0.1, 0.15) is 17.4 Å². The van der Waals surface area contributed by atoms with Crippen LogP contribution in [-0.2, 0) is 6.42 Å². The number of halogens is 2. The lowest BCUT2D eigenvalue weighted by atomic mass is 9.87. The van der Waals surface area contributed by atoms with Crippen molar-refractivity contribution in [2.75, 3.05) is 18.6 Å². The van der Waals surface area contributed by atoms with E-state index in [1.54, 1.807) is 31.4 Å². The van der Waals surface area contributed by atoms with Gasteiger partial charge in [0, 0.05) is 6.54 Å². The predicted octanol–water partition coefficient (Wildman–Crippen LogP) is 5.13. The summed E-state index contributed by atoms with van der Waals surface area (Å²) in [7, 11) is 1.65. The maximum atomic E-state index is 14.5. The van der Waals surface area contributed by atoms with E-state index >= 15 is 0 Å². The zero-order valence-corrected chi connectivity index (χ0v) is 14.5. The normalized spacial score (nSPS) is 16.3. The van der Waals surface area contributed by atoms with Crippen LogP contribution in [0.25, 0.3) is 0 Å². The predicted molar refractivity (Wildman–Crippen MR) is 98.7 cm³/mol. The molecular formula is C22H19F2NO. The molecular weight excluding hydrogens is 332 g/mol. The van der Waals surface area contributed by atoms with E-state index < -0.39 is 0 Å². The Morgan fingerprint density at radius 1 is 0.962 bits per heavy atom. The van der Waals surface area contributed by atoms with Crippen molar-refractivity contribution in [2.45, 2.75) is 12.5 Å². The van der Waals surface area contributed by atoms with Gasteiger partial charge in [0.2, 0.25) is 0 Å². The number of ether oxygens (including phenoxy) is 1. The molecule has 0 aliphatic carbocycles. The SMILES string of the molecule is COc1ccc2c(c1)CCN(c1ccccc1F)C2c1ccc(F)cc1. The number of anilines is 1. The van der Waals surface area contributed by atoms with E-state index in [9.17, 15) is 8.78 Å². The number of nitrogens with zero attached hydrogens (tertiary/aromatic N) is 1. The van der Waals surface area contributed by atoms with Crippen molar-refractivity contribution in [1.29, 1.82) is 0 Å². The molecule has 132 valence electrons. The first-order chi connectivity index (χ1) is 12.7. The highest BCUT2D eigenvalue weighted by Crippen LogP contribution is 2.40. The smallest absolute Gasteiger partial charge is 0.146 e. The zero-order valence-electron chi connectivity index (χ0n) is 14.5. The third-order valence-corrected chi connectivity index (χ3v) is 4.93. The quantitative estimate of drug-likeness (QED) is 0.649. The number of benzene rings is 3. The van der Waals surface area contributed by atoms with Crippen molar-refractivity contribution < 1.29 is 13.5 Å². The molecule has 1 unspecified atom stereocenters. The van der Waals surface area contributed by atoms with Gasteiger partial charge in [-0.1, -0.05) is 30.3 Å². The summed E-state index contributed by atoms with van der Waals surface area (Å²) in [5, 5.41) is 0. The Morgan fingerprint density at radius 2 is 1.73 bits per heavy atom. The third kappa shape index (κ3) is 2.92. The van der Waals surface area contributed by atoms with Crippen molar-refractivity contribution in [3.63, 3.8) is 0 Å². The average molecular weight is 351 g/mol. The highest BCUT2D eigenvalue weighted by Gasteiger charge is 2.30. The van der Waals surface area contributed by atoms with Gasteiger partial charge < -0.3 is 9.64 Å². The highest BCUT2D eigenvalue weighted by atomic mass is 19.1. The fourth-order valence-corrected chi connectivity index (χ4v) is 3.68. The van der Waals surface area contributed by atoms with Crippen LogP contribution in [0.2, 0.25) is 0 Å². The standard InChI is InChI=1S/C22H19F2NO/c1-26-18-10-11-19-16(14-18)12-13-25(21-5-3-2-4-20(21)24)22(19)15-6-8-17(23)9-7-15/h2-11,14,22H,12-13H2,1H3. The van der Waals surface area contributed by atoms with Crippen LogP contribution in [0.15, 0.2) is 66.7 Å². The van der Waals surface area contributed by atoms with Crippen molar-refractivity contribution in [3.05, 3.63) is 95.1 Å². The molecule has 0 saturated carbocycles. The van der Waals surface area contributed by atoms with Crippen LogP contribution in [0.3, 0.4) is 0 Å². The molecule has 26 heavy (non-hydrogen) atoms. The van der Waals surface area contributed by atoms with Crippen LogP contribution in [0.1, 0.15) is 22.7 Å². The lowest BCUT2D eigenvalue weighted by Crippen LogP contribution is -2.36. The van der Waals surface area contributed by atoms with E-state index in [0.29, 0.717) is 12.2 Å². The molecule has 4 heteroatoms. The second-order valence-corrected chi connectivity index (χ2v) is 6.41. The lowest BCUT2D eigenvalue weighted by molar-refractivity contribution is 0.413. The summed E-state index contributed by atoms with van der Waals surface area (Å²) in [6.45, 7) is 0.670. The molecule has 0 bridgehead atoms. The van der Waals surface area contributed by atoms with Gasteiger partial charge in [-0.3, -0.25) is 0 Å². The van der Waals surface area contributed by atoms with Crippen LogP contribution < -0.4 is 9.64 Å². The first-order valence-corrected chi connectivity index (χ1v) is 8.61. The van der Waals surface area contributed by atoms with Crippen LogP contribution >= 0.6 is 0 Å². The van der Waals surface area contributed by atoms with E-state index in [1.807, 2.05) is 24.3 Å². The second kappa shape index (κ2) is 6.79. The summed E-state index contributed by atoms with van der Waals surface area (Å²) in [5.41, 5.74) is 3.75. The molecule has 2 nitrogen and oxygen atoms in total. The Morgan fingerprint density at radius 3 is 2.46 bits per heavy atom. The zero-order chi connectivity index (χ0) is 18.1. The lowest BCUT2D eigenvalue weighted by Gasteiger charge is -2.39. The molecule has 0 radical (unpaired) electrons. The Bertz CT molecular complexity index is 924. The molecule has 3 aromatic carbocycles. The van der Waals surface area contributed by atoms with Gasteiger partial charge in [-0.2, -0.15) is 0 Å².